The van der Waals surface area contributed by atoms with Crippen molar-refractivity contribution < 1.29 is 0 Å². The van der Waals surface area contributed by atoms with E-state index in [0.717, 1.165) is 18.7 Å². The van der Waals surface area contributed by atoms with E-state index in [1.165, 1.54) is 0 Å². The normalized spacial score (nSPS) is 13.3. The van der Waals surface area contributed by atoms with Gasteiger partial charge >= 0.3 is 0 Å². The van der Waals surface area contributed by atoms with E-state index in [1.54, 1.807) is 0 Å². The van der Waals surface area contributed by atoms with Crippen molar-refractivity contribution >= 4 is 17.6 Å². The van der Waals surface area contributed by atoms with Crippen LogP contribution in [0.5, 0.6) is 0 Å². The zero-order chi connectivity index (χ0) is 9.56. The van der Waals surface area contributed by atoms with Crippen molar-refractivity contribution in [1.29, 1.82) is 5.41 Å². The molecule has 0 rings (SSSR count). The predicted octanol–water partition coefficient (Wildman–Crippen LogP) is 0.996. The van der Waals surface area contributed by atoms with Gasteiger partial charge in [-0.25, -0.2) is 0 Å². The van der Waals surface area contributed by atoms with Gasteiger partial charge in [0.05, 0.1) is 6.04 Å². The van der Waals surface area contributed by atoms with Gasteiger partial charge < -0.3 is 5.73 Å². The summed E-state index contributed by atoms with van der Waals surface area (Å²) in [5.74, 6) is 1.38. The molecule has 0 bridgehead atoms. The molecule has 12 heavy (non-hydrogen) atoms. The summed E-state index contributed by atoms with van der Waals surface area (Å²) in [6.07, 6.45) is 3.00. The Kier molecular flexibility index (Phi) is 6.20. The predicted molar refractivity (Wildman–Crippen MR) is 57.0 cm³/mol. The Balaban J connectivity index is 3.85. The van der Waals surface area contributed by atoms with E-state index >= 15 is 0 Å². The van der Waals surface area contributed by atoms with E-state index in [2.05, 4.69) is 18.1 Å². The molecule has 0 radical (unpaired) electrons. The van der Waals surface area contributed by atoms with Gasteiger partial charge in [0.15, 0.2) is 0 Å². The highest BCUT2D eigenvalue weighted by Gasteiger charge is 2.14. The first kappa shape index (κ1) is 11.8. The van der Waals surface area contributed by atoms with Gasteiger partial charge in [0.1, 0.15) is 5.84 Å². The lowest BCUT2D eigenvalue weighted by Crippen LogP contribution is -2.42. The summed E-state index contributed by atoms with van der Waals surface area (Å²) in [5.41, 5.74) is 5.45. The highest BCUT2D eigenvalue weighted by Crippen LogP contribution is 2.02. The molecule has 3 N–H and O–H groups in total. The summed E-state index contributed by atoms with van der Waals surface area (Å²) in [7, 11) is 2.02. The molecule has 0 aliphatic heterocycles. The third-order valence-electron chi connectivity index (χ3n) is 1.93. The summed E-state index contributed by atoms with van der Waals surface area (Å²) in [4.78, 5) is 2.14. The second-order valence-corrected chi connectivity index (χ2v) is 3.84. The summed E-state index contributed by atoms with van der Waals surface area (Å²) in [5, 5.41) is 7.35. The van der Waals surface area contributed by atoms with Crippen LogP contribution in [0, 0.1) is 5.41 Å². The molecular weight excluding hydrogens is 170 g/mol. The number of rotatable bonds is 6. The summed E-state index contributed by atoms with van der Waals surface area (Å²) < 4.78 is 0. The van der Waals surface area contributed by atoms with E-state index in [-0.39, 0.29) is 11.9 Å². The Morgan fingerprint density at radius 3 is 2.58 bits per heavy atom. The topological polar surface area (TPSA) is 53.1 Å². The lowest BCUT2D eigenvalue weighted by atomic mass is 10.2. The molecule has 0 aliphatic carbocycles. The first-order chi connectivity index (χ1) is 5.63. The number of thioether (sulfide) groups is 1. The van der Waals surface area contributed by atoms with Gasteiger partial charge in [-0.3, -0.25) is 10.3 Å². The zero-order valence-electron chi connectivity index (χ0n) is 8.13. The number of nitrogens with one attached hydrogen (secondary N) is 1. The SMILES string of the molecule is CCC(C(=N)N)N(C)CCSC. The van der Waals surface area contributed by atoms with Crippen LogP contribution >= 0.6 is 11.8 Å². The van der Waals surface area contributed by atoms with Crippen molar-refractivity contribution in [1.82, 2.24) is 4.90 Å². The van der Waals surface area contributed by atoms with E-state index in [0.29, 0.717) is 0 Å². The van der Waals surface area contributed by atoms with Gasteiger partial charge in [0.2, 0.25) is 0 Å². The molecule has 3 nitrogen and oxygen atoms in total. The van der Waals surface area contributed by atoms with Crippen LogP contribution in [0.25, 0.3) is 0 Å². The number of hydrogen-bond acceptors (Lipinski definition) is 3. The summed E-state index contributed by atoms with van der Waals surface area (Å²) in [6, 6.07) is 0.122. The molecule has 1 atom stereocenters. The van der Waals surface area contributed by atoms with Crippen LogP contribution in [-0.4, -0.2) is 42.4 Å². The molecule has 0 spiro atoms. The summed E-state index contributed by atoms with van der Waals surface area (Å²) >= 11 is 1.82. The smallest absolute Gasteiger partial charge is 0.108 e. The lowest BCUT2D eigenvalue weighted by Gasteiger charge is -2.25. The van der Waals surface area contributed by atoms with Gasteiger partial charge in [0.25, 0.3) is 0 Å². The molecule has 4 heteroatoms. The average Bonchev–Trinajstić information content (AvgIpc) is 2.01. The molecule has 0 aromatic heterocycles. The Morgan fingerprint density at radius 2 is 2.25 bits per heavy atom. The maximum absolute atomic E-state index is 7.35. The Hall–Kier alpha value is -0.220. The maximum Gasteiger partial charge on any atom is 0.108 e. The molecule has 0 fully saturated rings. The van der Waals surface area contributed by atoms with E-state index < -0.39 is 0 Å². The maximum atomic E-state index is 7.35. The van der Waals surface area contributed by atoms with Crippen molar-refractivity contribution in [2.45, 2.75) is 19.4 Å². The molecule has 72 valence electrons. The molecular formula is C8H19N3S. The number of nitrogens with zero attached hydrogens (tertiary/aromatic N) is 1. The van der Waals surface area contributed by atoms with Crippen molar-refractivity contribution in [2.75, 3.05) is 25.6 Å². The molecule has 0 heterocycles. The van der Waals surface area contributed by atoms with Crippen molar-refractivity contribution in [3.63, 3.8) is 0 Å². The van der Waals surface area contributed by atoms with Crippen molar-refractivity contribution in [2.24, 2.45) is 5.73 Å². The first-order valence-corrected chi connectivity index (χ1v) is 5.56. The minimum Gasteiger partial charge on any atom is -0.386 e. The van der Waals surface area contributed by atoms with Gasteiger partial charge in [0, 0.05) is 12.3 Å². The molecule has 1 unspecified atom stereocenters. The largest absolute Gasteiger partial charge is 0.386 e. The quantitative estimate of drug-likeness (QED) is 0.484. The van der Waals surface area contributed by atoms with E-state index in [4.69, 9.17) is 11.1 Å². The van der Waals surface area contributed by atoms with Gasteiger partial charge in [-0.1, -0.05) is 6.92 Å². The second-order valence-electron chi connectivity index (χ2n) is 2.85. The fourth-order valence-electron chi connectivity index (χ4n) is 1.16. The van der Waals surface area contributed by atoms with Crippen LogP contribution in [0.15, 0.2) is 0 Å². The van der Waals surface area contributed by atoms with Gasteiger partial charge in [-0.05, 0) is 19.7 Å². The van der Waals surface area contributed by atoms with Crippen LogP contribution in [0.2, 0.25) is 0 Å². The zero-order valence-corrected chi connectivity index (χ0v) is 8.95. The Bertz CT molecular complexity index is 138. The Labute approximate surface area is 79.2 Å². The fourth-order valence-corrected chi connectivity index (χ4v) is 1.63. The third-order valence-corrected chi connectivity index (χ3v) is 2.52. The number of hydrogen-bond donors (Lipinski definition) is 2. The average molecular weight is 189 g/mol. The molecule has 0 aromatic rings. The number of nitrogens with two attached hydrogens (primary N) is 1. The third kappa shape index (κ3) is 3.97. The minimum atomic E-state index is 0.122. The molecule has 0 aromatic carbocycles. The monoisotopic (exact) mass is 189 g/mol. The van der Waals surface area contributed by atoms with Crippen LogP contribution in [0.3, 0.4) is 0 Å². The molecule has 0 aliphatic rings. The van der Waals surface area contributed by atoms with E-state index in [9.17, 15) is 0 Å². The highest BCUT2D eigenvalue weighted by atomic mass is 32.2. The number of likely N-dealkylation sites (N-methyl/N-ethyl adjacent to an activating group) is 1. The Morgan fingerprint density at radius 1 is 1.67 bits per heavy atom. The van der Waals surface area contributed by atoms with Crippen LogP contribution < -0.4 is 5.73 Å². The fraction of sp³-hybridized carbons (Fsp3) is 0.875. The van der Waals surface area contributed by atoms with Gasteiger partial charge in [-0.15, -0.1) is 0 Å². The molecule has 0 saturated heterocycles. The van der Waals surface area contributed by atoms with Gasteiger partial charge in [-0.2, -0.15) is 11.8 Å². The van der Waals surface area contributed by atoms with Crippen LogP contribution in [-0.2, 0) is 0 Å². The minimum absolute atomic E-state index is 0.122. The molecule has 0 amide bonds. The lowest BCUT2D eigenvalue weighted by molar-refractivity contribution is 0.306. The first-order valence-electron chi connectivity index (χ1n) is 4.16. The second kappa shape index (κ2) is 6.31. The molecule has 0 saturated carbocycles. The van der Waals surface area contributed by atoms with Crippen LogP contribution in [0.1, 0.15) is 13.3 Å². The standard InChI is InChI=1S/C8H19N3S/c1-4-7(8(9)10)11(2)5-6-12-3/h7H,4-6H2,1-3H3,(H3,9,10). The summed E-state index contributed by atoms with van der Waals surface area (Å²) in [6.45, 7) is 3.06. The van der Waals surface area contributed by atoms with Crippen molar-refractivity contribution in [3.8, 4) is 0 Å². The number of amidine groups is 1. The highest BCUT2D eigenvalue weighted by molar-refractivity contribution is 7.98. The van der Waals surface area contributed by atoms with E-state index in [1.807, 2.05) is 18.8 Å². The van der Waals surface area contributed by atoms with Crippen molar-refractivity contribution in [3.05, 3.63) is 0 Å². The van der Waals surface area contributed by atoms with Crippen LogP contribution in [0.4, 0.5) is 0 Å².